The van der Waals surface area contributed by atoms with Crippen LogP contribution in [0, 0.1) is 0 Å². The van der Waals surface area contributed by atoms with Gasteiger partial charge in [0.05, 0.1) is 5.52 Å². The number of furan rings is 1. The average molecular weight is 640 g/mol. The molecule has 0 bridgehead atoms. The summed E-state index contributed by atoms with van der Waals surface area (Å²) in [5.41, 5.74) is 14.8. The van der Waals surface area contributed by atoms with Gasteiger partial charge in [-0.2, -0.15) is 0 Å². The Morgan fingerprint density at radius 1 is 0.646 bits per heavy atom. The van der Waals surface area contributed by atoms with E-state index in [2.05, 4.69) is 113 Å². The molecule has 4 heterocycles. The number of pyridine rings is 1. The lowest BCUT2D eigenvalue weighted by Gasteiger charge is -2.10. The second-order valence-electron chi connectivity index (χ2n) is 15.1. The summed E-state index contributed by atoms with van der Waals surface area (Å²) in [5.74, 6) is 2.94. The smallest absolute Gasteiger partial charge is 0.134 e. The molecule has 0 fully saturated rings. The fourth-order valence-electron chi connectivity index (χ4n) is 7.69. The predicted molar refractivity (Wildman–Crippen MR) is 204 cm³/mol. The lowest BCUT2D eigenvalue weighted by Crippen LogP contribution is -1.99. The zero-order valence-corrected chi connectivity index (χ0v) is 29.9. The third kappa shape index (κ3) is 6.64. The number of aromatic nitrogens is 2. The molecule has 6 aromatic rings. The average Bonchev–Trinajstić information content (AvgIpc) is 3.81. The molecule has 0 unspecified atom stereocenters. The minimum absolute atomic E-state index is 0.491. The molecule has 3 aliphatic rings. The molecule has 0 saturated heterocycles. The predicted octanol–water partition coefficient (Wildman–Crippen LogP) is 11.9. The zero-order valence-electron chi connectivity index (χ0n) is 29.9. The largest absolute Gasteiger partial charge is 0.461 e. The maximum Gasteiger partial charge on any atom is 0.134 e. The number of fused-ring (bicyclic) bond motifs is 8. The number of aromatic amines is 1. The van der Waals surface area contributed by atoms with Gasteiger partial charge in [0.15, 0.2) is 0 Å². The van der Waals surface area contributed by atoms with Crippen LogP contribution in [0.25, 0.3) is 32.8 Å². The van der Waals surface area contributed by atoms with Crippen LogP contribution in [0.3, 0.4) is 0 Å². The molecule has 9 rings (SSSR count). The van der Waals surface area contributed by atoms with Crippen molar-refractivity contribution >= 4 is 38.5 Å². The summed E-state index contributed by atoms with van der Waals surface area (Å²) >= 11 is 0. The third-order valence-corrected chi connectivity index (χ3v) is 10.7. The molecule has 4 heteroatoms. The molecule has 0 amide bonds. The van der Waals surface area contributed by atoms with Gasteiger partial charge < -0.3 is 14.7 Å². The van der Waals surface area contributed by atoms with Crippen molar-refractivity contribution in [3.05, 3.63) is 106 Å². The van der Waals surface area contributed by atoms with Crippen LogP contribution in [0.1, 0.15) is 130 Å². The minimum Gasteiger partial charge on any atom is -0.461 e. The van der Waals surface area contributed by atoms with Crippen LogP contribution in [0.15, 0.2) is 65.1 Å². The molecular formula is C44H53N3O. The lowest BCUT2D eigenvalue weighted by molar-refractivity contribution is 0.506. The second kappa shape index (κ2) is 13.8. The van der Waals surface area contributed by atoms with Crippen LogP contribution in [0.4, 0.5) is 5.69 Å². The van der Waals surface area contributed by atoms with Gasteiger partial charge in [-0.1, -0.05) is 65.8 Å². The molecule has 0 saturated carbocycles. The summed E-state index contributed by atoms with van der Waals surface area (Å²) in [4.78, 5) is 8.32. The first kappa shape index (κ1) is 32.5. The summed E-state index contributed by atoms with van der Waals surface area (Å²) in [6.07, 6.45) is 11.2. The lowest BCUT2D eigenvalue weighted by atomic mass is 9.94. The Labute approximate surface area is 286 Å². The van der Waals surface area contributed by atoms with E-state index in [0.717, 1.165) is 30.5 Å². The normalized spacial score (nSPS) is 15.2. The van der Waals surface area contributed by atoms with Crippen LogP contribution < -0.4 is 5.32 Å². The second-order valence-corrected chi connectivity index (χ2v) is 15.1. The number of H-pyrrole nitrogens is 1. The SMILES string of the molecule is CC(C)c1ccc2c3c([nH]c2c1)CCCC3.CC(C)c1ccc2cc3c(cc2n1)NCC3.CC(C)c1ccc2oc3c(c2c1)CCCC3. The summed E-state index contributed by atoms with van der Waals surface area (Å²) in [5, 5.41) is 7.48. The van der Waals surface area contributed by atoms with E-state index in [9.17, 15) is 0 Å². The highest BCUT2D eigenvalue weighted by Crippen LogP contribution is 2.34. The molecule has 2 aliphatic carbocycles. The topological polar surface area (TPSA) is 53.9 Å². The van der Waals surface area contributed by atoms with Gasteiger partial charge in [-0.3, -0.25) is 4.98 Å². The minimum atomic E-state index is 0.491. The Balaban J connectivity index is 0.000000114. The van der Waals surface area contributed by atoms with Gasteiger partial charge >= 0.3 is 0 Å². The Morgan fingerprint density at radius 2 is 1.38 bits per heavy atom. The highest BCUT2D eigenvalue weighted by Gasteiger charge is 2.19. The summed E-state index contributed by atoms with van der Waals surface area (Å²) in [6, 6.07) is 22.4. The molecular weight excluding hydrogens is 587 g/mol. The van der Waals surface area contributed by atoms with E-state index in [0.29, 0.717) is 17.8 Å². The van der Waals surface area contributed by atoms with Gasteiger partial charge in [0.25, 0.3) is 0 Å². The number of benzene rings is 3. The van der Waals surface area contributed by atoms with Gasteiger partial charge in [-0.15, -0.1) is 0 Å². The molecule has 0 atom stereocenters. The van der Waals surface area contributed by atoms with Crippen molar-refractivity contribution in [3.63, 3.8) is 0 Å². The molecule has 2 N–H and O–H groups in total. The third-order valence-electron chi connectivity index (χ3n) is 10.7. The summed E-state index contributed by atoms with van der Waals surface area (Å²) < 4.78 is 5.93. The Kier molecular flexibility index (Phi) is 9.36. The number of aryl methyl sites for hydroxylation is 4. The van der Waals surface area contributed by atoms with Gasteiger partial charge in [0.2, 0.25) is 0 Å². The van der Waals surface area contributed by atoms with E-state index >= 15 is 0 Å². The van der Waals surface area contributed by atoms with Gasteiger partial charge in [-0.25, -0.2) is 0 Å². The molecule has 3 aromatic heterocycles. The Morgan fingerprint density at radius 3 is 2.17 bits per heavy atom. The fraction of sp³-hybridized carbons (Fsp3) is 0.432. The molecule has 0 spiro atoms. The highest BCUT2D eigenvalue weighted by atomic mass is 16.3. The van der Waals surface area contributed by atoms with Crippen LogP contribution in [-0.4, -0.2) is 16.5 Å². The number of hydrogen-bond donors (Lipinski definition) is 2. The first-order valence-electron chi connectivity index (χ1n) is 18.6. The van der Waals surface area contributed by atoms with Crippen molar-refractivity contribution in [2.75, 3.05) is 11.9 Å². The van der Waals surface area contributed by atoms with E-state index in [-0.39, 0.29) is 0 Å². The zero-order chi connectivity index (χ0) is 33.4. The van der Waals surface area contributed by atoms with Crippen LogP contribution in [0.5, 0.6) is 0 Å². The van der Waals surface area contributed by atoms with E-state index in [1.165, 1.54) is 112 Å². The van der Waals surface area contributed by atoms with Crippen molar-refractivity contribution in [1.82, 2.24) is 9.97 Å². The van der Waals surface area contributed by atoms with Crippen molar-refractivity contribution in [2.24, 2.45) is 0 Å². The number of anilines is 1. The maximum atomic E-state index is 5.93. The first-order valence-corrected chi connectivity index (χ1v) is 18.6. The standard InChI is InChI=1S/C15H19N.C15H18O.C14H16N2/c1-10(2)11-7-8-13-12-5-3-4-6-14(12)16-15(13)9-11;1-10(2)11-7-8-15-13(9-11)12-5-3-4-6-14(12)16-15;1-9(2)12-4-3-10-7-11-5-6-15-13(11)8-14(10)16-12/h7-10,16H,3-6H2,1-2H3;7-10H,3-6H2,1-2H3;3-4,7-9,15H,5-6H2,1-2H3. The molecule has 4 nitrogen and oxygen atoms in total. The maximum absolute atomic E-state index is 5.93. The van der Waals surface area contributed by atoms with Crippen molar-refractivity contribution in [3.8, 4) is 0 Å². The van der Waals surface area contributed by atoms with Gasteiger partial charge in [0, 0.05) is 57.3 Å². The van der Waals surface area contributed by atoms with Crippen molar-refractivity contribution in [1.29, 1.82) is 0 Å². The molecule has 0 radical (unpaired) electrons. The number of hydrogen-bond acceptors (Lipinski definition) is 3. The van der Waals surface area contributed by atoms with Crippen LogP contribution in [-0.2, 0) is 32.1 Å². The first-order chi connectivity index (χ1) is 23.2. The quantitative estimate of drug-likeness (QED) is 0.203. The molecule has 48 heavy (non-hydrogen) atoms. The Hall–Kier alpha value is -4.05. The summed E-state index contributed by atoms with van der Waals surface area (Å²) in [6.45, 7) is 14.4. The van der Waals surface area contributed by atoms with Crippen LogP contribution >= 0.6 is 0 Å². The molecule has 250 valence electrons. The van der Waals surface area contributed by atoms with E-state index in [4.69, 9.17) is 9.40 Å². The van der Waals surface area contributed by atoms with Crippen molar-refractivity contribution in [2.45, 2.75) is 117 Å². The Bertz CT molecular complexity index is 2060. The number of rotatable bonds is 3. The van der Waals surface area contributed by atoms with E-state index in [1.54, 1.807) is 5.56 Å². The number of nitrogens with zero attached hydrogens (tertiary/aromatic N) is 1. The fourth-order valence-corrected chi connectivity index (χ4v) is 7.69. The monoisotopic (exact) mass is 639 g/mol. The van der Waals surface area contributed by atoms with Crippen LogP contribution in [0.2, 0.25) is 0 Å². The van der Waals surface area contributed by atoms with Crippen molar-refractivity contribution < 1.29 is 4.42 Å². The number of nitrogens with one attached hydrogen (secondary N) is 2. The van der Waals surface area contributed by atoms with Gasteiger partial charge in [0.1, 0.15) is 11.3 Å². The van der Waals surface area contributed by atoms with E-state index in [1.807, 2.05) is 0 Å². The highest BCUT2D eigenvalue weighted by molar-refractivity contribution is 5.86. The molecule has 3 aromatic carbocycles. The summed E-state index contributed by atoms with van der Waals surface area (Å²) in [7, 11) is 0. The molecule has 1 aliphatic heterocycles. The van der Waals surface area contributed by atoms with Gasteiger partial charge in [-0.05, 0) is 128 Å². The van der Waals surface area contributed by atoms with E-state index < -0.39 is 0 Å².